The molecule has 5 heteroatoms. The van der Waals surface area contributed by atoms with Gasteiger partial charge in [-0.3, -0.25) is 4.79 Å². The number of rotatable bonds is 5. The number of benzene rings is 1. The van der Waals surface area contributed by atoms with Crippen LogP contribution < -0.4 is 0 Å². The number of amides is 2. The minimum absolute atomic E-state index is 0.186. The third-order valence-electron chi connectivity index (χ3n) is 3.80. The maximum atomic E-state index is 12.5. The van der Waals surface area contributed by atoms with E-state index in [0.29, 0.717) is 6.42 Å². The summed E-state index contributed by atoms with van der Waals surface area (Å²) in [4.78, 5) is 25.5. The summed E-state index contributed by atoms with van der Waals surface area (Å²) in [6, 6.07) is 9.31. The fourth-order valence-corrected chi connectivity index (χ4v) is 2.50. The summed E-state index contributed by atoms with van der Waals surface area (Å²) in [6.45, 7) is 3.56. The van der Waals surface area contributed by atoms with Gasteiger partial charge in [-0.25, -0.2) is 9.69 Å². The van der Waals surface area contributed by atoms with E-state index in [9.17, 15) is 14.7 Å². The number of hydrogen-bond acceptors (Lipinski definition) is 4. The van der Waals surface area contributed by atoms with Crippen molar-refractivity contribution in [3.63, 3.8) is 0 Å². The Morgan fingerprint density at radius 1 is 1.45 bits per heavy atom. The summed E-state index contributed by atoms with van der Waals surface area (Å²) in [5.74, 6) is -1.10. The average molecular weight is 303 g/mol. The Morgan fingerprint density at radius 3 is 2.77 bits per heavy atom. The second-order valence-electron chi connectivity index (χ2n) is 5.43. The Morgan fingerprint density at radius 2 is 2.14 bits per heavy atom. The lowest BCUT2D eigenvalue weighted by Gasteiger charge is -2.24. The molecule has 0 spiro atoms. The molecule has 0 aliphatic carbocycles. The van der Waals surface area contributed by atoms with Crippen LogP contribution in [0.15, 0.2) is 42.5 Å². The lowest BCUT2D eigenvalue weighted by molar-refractivity contribution is -0.135. The van der Waals surface area contributed by atoms with Crippen LogP contribution in [0.4, 0.5) is 4.79 Å². The highest BCUT2D eigenvalue weighted by atomic mass is 16.6. The van der Waals surface area contributed by atoms with Crippen LogP contribution in [0.2, 0.25) is 0 Å². The summed E-state index contributed by atoms with van der Waals surface area (Å²) in [5.41, 5.74) is 1.03. The molecule has 0 aromatic heterocycles. The van der Waals surface area contributed by atoms with Crippen molar-refractivity contribution in [3.8, 4) is 0 Å². The fraction of sp³-hybridized carbons (Fsp3) is 0.412. The first kappa shape index (κ1) is 16.2. The molecule has 1 N–H and O–H groups in total. The summed E-state index contributed by atoms with van der Waals surface area (Å²) >= 11 is 0. The molecule has 5 nitrogen and oxygen atoms in total. The van der Waals surface area contributed by atoms with Crippen LogP contribution in [0.3, 0.4) is 0 Å². The summed E-state index contributed by atoms with van der Waals surface area (Å²) in [5, 5.41) is 9.92. The molecule has 118 valence electrons. The van der Waals surface area contributed by atoms with Crippen LogP contribution in [0.1, 0.15) is 19.4 Å². The second kappa shape index (κ2) is 7.22. The van der Waals surface area contributed by atoms with Crippen molar-refractivity contribution < 1.29 is 19.4 Å². The van der Waals surface area contributed by atoms with Gasteiger partial charge in [0.05, 0.1) is 18.1 Å². The minimum Gasteiger partial charge on any atom is -0.447 e. The van der Waals surface area contributed by atoms with Gasteiger partial charge in [0.2, 0.25) is 5.91 Å². The maximum absolute atomic E-state index is 12.5. The molecule has 0 radical (unpaired) electrons. The van der Waals surface area contributed by atoms with Crippen molar-refractivity contribution in [2.24, 2.45) is 5.92 Å². The topological polar surface area (TPSA) is 66.8 Å². The number of carbonyl (C=O) groups excluding carboxylic acids is 2. The van der Waals surface area contributed by atoms with E-state index in [2.05, 4.69) is 0 Å². The highest BCUT2D eigenvalue weighted by Crippen LogP contribution is 2.21. The molecule has 2 amide bonds. The van der Waals surface area contributed by atoms with Crippen LogP contribution >= 0.6 is 0 Å². The van der Waals surface area contributed by atoms with Gasteiger partial charge in [-0.05, 0) is 18.9 Å². The van der Waals surface area contributed by atoms with Crippen LogP contribution in [-0.4, -0.2) is 40.8 Å². The first-order chi connectivity index (χ1) is 10.5. The number of imide groups is 1. The number of ether oxygens (including phenoxy) is 1. The van der Waals surface area contributed by atoms with Crippen LogP contribution in [0, 0.1) is 5.92 Å². The van der Waals surface area contributed by atoms with Gasteiger partial charge in [-0.2, -0.15) is 0 Å². The van der Waals surface area contributed by atoms with Gasteiger partial charge >= 0.3 is 6.09 Å². The number of aliphatic hydroxyl groups excluding tert-OH is 1. The molecular formula is C17H21NO4. The number of allylic oxidation sites excluding steroid dienone is 1. The Labute approximate surface area is 130 Å². The quantitative estimate of drug-likeness (QED) is 0.846. The van der Waals surface area contributed by atoms with Crippen LogP contribution in [-0.2, 0) is 16.0 Å². The molecule has 0 bridgehead atoms. The zero-order chi connectivity index (χ0) is 16.1. The SMILES string of the molecule is C/C=C/[C@H](O)[C@H](C)C(=O)N1C(=O)OC[C@H]1Cc1ccccc1. The normalized spacial score (nSPS) is 21.0. The van der Waals surface area contributed by atoms with Crippen LogP contribution in [0.5, 0.6) is 0 Å². The Balaban J connectivity index is 2.12. The van der Waals surface area contributed by atoms with E-state index in [1.54, 1.807) is 19.9 Å². The molecule has 1 saturated heterocycles. The largest absolute Gasteiger partial charge is 0.447 e. The predicted molar refractivity (Wildman–Crippen MR) is 82.1 cm³/mol. The molecule has 0 saturated carbocycles. The molecule has 3 atom stereocenters. The third-order valence-corrected chi connectivity index (χ3v) is 3.80. The second-order valence-corrected chi connectivity index (χ2v) is 5.43. The van der Waals surface area contributed by atoms with Crippen molar-refractivity contribution >= 4 is 12.0 Å². The van der Waals surface area contributed by atoms with E-state index in [1.807, 2.05) is 30.3 Å². The van der Waals surface area contributed by atoms with Gasteiger partial charge < -0.3 is 9.84 Å². The zero-order valence-electron chi connectivity index (χ0n) is 12.8. The minimum atomic E-state index is -0.914. The van der Waals surface area contributed by atoms with E-state index < -0.39 is 24.0 Å². The molecule has 1 aromatic rings. The summed E-state index contributed by atoms with van der Waals surface area (Å²) < 4.78 is 5.03. The molecule has 1 aliphatic rings. The van der Waals surface area contributed by atoms with Crippen molar-refractivity contribution in [2.75, 3.05) is 6.61 Å². The first-order valence-corrected chi connectivity index (χ1v) is 7.39. The molecule has 2 rings (SSSR count). The van der Waals surface area contributed by atoms with E-state index in [1.165, 1.54) is 6.08 Å². The number of hydrogen-bond donors (Lipinski definition) is 1. The monoisotopic (exact) mass is 303 g/mol. The average Bonchev–Trinajstić information content (AvgIpc) is 2.87. The highest BCUT2D eigenvalue weighted by molar-refractivity contribution is 5.95. The van der Waals surface area contributed by atoms with Gasteiger partial charge in [0.25, 0.3) is 0 Å². The Bertz CT molecular complexity index is 555. The van der Waals surface area contributed by atoms with Crippen molar-refractivity contribution in [1.82, 2.24) is 4.90 Å². The summed E-state index contributed by atoms with van der Waals surface area (Å²) in [7, 11) is 0. The molecule has 1 aliphatic heterocycles. The van der Waals surface area contributed by atoms with Crippen molar-refractivity contribution in [3.05, 3.63) is 48.0 Å². The number of nitrogens with zero attached hydrogens (tertiary/aromatic N) is 1. The lowest BCUT2D eigenvalue weighted by Crippen LogP contribution is -2.45. The van der Waals surface area contributed by atoms with Gasteiger partial charge in [0.1, 0.15) is 6.61 Å². The van der Waals surface area contributed by atoms with E-state index in [0.717, 1.165) is 10.5 Å². The van der Waals surface area contributed by atoms with Crippen molar-refractivity contribution in [2.45, 2.75) is 32.4 Å². The van der Waals surface area contributed by atoms with E-state index >= 15 is 0 Å². The van der Waals surface area contributed by atoms with Gasteiger partial charge in [0.15, 0.2) is 0 Å². The highest BCUT2D eigenvalue weighted by Gasteiger charge is 2.40. The maximum Gasteiger partial charge on any atom is 0.416 e. The standard InChI is InChI=1S/C17H21NO4/c1-3-7-15(19)12(2)16(20)18-14(11-22-17(18)21)10-13-8-5-4-6-9-13/h3-9,12,14-15,19H,10-11H2,1-2H3/b7-3+/t12-,14+,15-/m0/s1. The summed E-state index contributed by atoms with van der Waals surface area (Å²) in [6.07, 6.45) is 2.22. The number of cyclic esters (lactones) is 1. The fourth-order valence-electron chi connectivity index (χ4n) is 2.50. The van der Waals surface area contributed by atoms with Gasteiger partial charge in [-0.1, -0.05) is 49.4 Å². The lowest BCUT2D eigenvalue weighted by atomic mass is 10.0. The molecule has 0 unspecified atom stereocenters. The van der Waals surface area contributed by atoms with Crippen molar-refractivity contribution in [1.29, 1.82) is 0 Å². The zero-order valence-corrected chi connectivity index (χ0v) is 12.8. The smallest absolute Gasteiger partial charge is 0.416 e. The molecule has 1 heterocycles. The van der Waals surface area contributed by atoms with E-state index in [4.69, 9.17) is 4.74 Å². The molecule has 1 fully saturated rings. The third kappa shape index (κ3) is 3.54. The van der Waals surface area contributed by atoms with Gasteiger partial charge in [-0.15, -0.1) is 0 Å². The Hall–Kier alpha value is -2.14. The molecular weight excluding hydrogens is 282 g/mol. The van der Waals surface area contributed by atoms with E-state index in [-0.39, 0.29) is 12.6 Å². The Kier molecular flexibility index (Phi) is 5.33. The molecule has 1 aromatic carbocycles. The number of aliphatic hydroxyl groups is 1. The number of carbonyl (C=O) groups is 2. The van der Waals surface area contributed by atoms with Crippen LogP contribution in [0.25, 0.3) is 0 Å². The van der Waals surface area contributed by atoms with Gasteiger partial charge in [0, 0.05) is 0 Å². The first-order valence-electron chi connectivity index (χ1n) is 7.39. The predicted octanol–water partition coefficient (Wildman–Crippen LogP) is 2.15. The molecule has 22 heavy (non-hydrogen) atoms.